The molecule has 2 unspecified atom stereocenters. The molecule has 0 bridgehead atoms. The monoisotopic (exact) mass is 317 g/mol. The summed E-state index contributed by atoms with van der Waals surface area (Å²) >= 11 is 5.27. The van der Waals surface area contributed by atoms with E-state index in [0.717, 1.165) is 12.3 Å². The van der Waals surface area contributed by atoms with Crippen LogP contribution in [0, 0.1) is 11.7 Å². The van der Waals surface area contributed by atoms with Crippen molar-refractivity contribution in [2.24, 2.45) is 5.92 Å². The maximum absolute atomic E-state index is 13.2. The van der Waals surface area contributed by atoms with Crippen LogP contribution in [0.1, 0.15) is 12.0 Å². The Kier molecular flexibility index (Phi) is 4.88. The highest BCUT2D eigenvalue weighted by atomic mass is 79.9. The maximum Gasteiger partial charge on any atom is 0.137 e. The SMILES string of the molecule is CNC(Cc1ccc(F)c(Br)c1)C1CCSC1. The van der Waals surface area contributed by atoms with E-state index in [4.69, 9.17) is 0 Å². The van der Waals surface area contributed by atoms with Gasteiger partial charge in [0.1, 0.15) is 5.82 Å². The zero-order valence-corrected chi connectivity index (χ0v) is 12.3. The molecule has 4 heteroatoms. The molecule has 2 rings (SSSR count). The van der Waals surface area contributed by atoms with Gasteiger partial charge < -0.3 is 5.32 Å². The smallest absolute Gasteiger partial charge is 0.137 e. The van der Waals surface area contributed by atoms with Gasteiger partial charge in [-0.1, -0.05) is 6.07 Å². The lowest BCUT2D eigenvalue weighted by Crippen LogP contribution is -2.35. The second-order valence-corrected chi connectivity index (χ2v) is 6.48. The van der Waals surface area contributed by atoms with Crippen LogP contribution in [0.4, 0.5) is 4.39 Å². The summed E-state index contributed by atoms with van der Waals surface area (Å²) in [5, 5.41) is 3.40. The van der Waals surface area contributed by atoms with Crippen molar-refractivity contribution in [2.45, 2.75) is 18.9 Å². The number of likely N-dealkylation sites (N-methyl/N-ethyl adjacent to an activating group) is 1. The third-order valence-electron chi connectivity index (χ3n) is 3.34. The van der Waals surface area contributed by atoms with Gasteiger partial charge in [0.25, 0.3) is 0 Å². The summed E-state index contributed by atoms with van der Waals surface area (Å²) in [5.41, 5.74) is 1.19. The summed E-state index contributed by atoms with van der Waals surface area (Å²) in [4.78, 5) is 0. The topological polar surface area (TPSA) is 12.0 Å². The highest BCUT2D eigenvalue weighted by Gasteiger charge is 2.24. The third-order valence-corrected chi connectivity index (χ3v) is 5.14. The molecule has 2 atom stereocenters. The number of thioether (sulfide) groups is 1. The molecule has 0 amide bonds. The van der Waals surface area contributed by atoms with Crippen molar-refractivity contribution in [2.75, 3.05) is 18.6 Å². The molecule has 17 heavy (non-hydrogen) atoms. The molecule has 1 aromatic rings. The van der Waals surface area contributed by atoms with E-state index in [1.54, 1.807) is 0 Å². The predicted molar refractivity (Wildman–Crippen MR) is 76.1 cm³/mol. The predicted octanol–water partition coefficient (Wildman–Crippen LogP) is 3.47. The Hall–Kier alpha value is -0.0600. The number of halogens is 2. The van der Waals surface area contributed by atoms with Crippen molar-refractivity contribution in [3.8, 4) is 0 Å². The number of hydrogen-bond donors (Lipinski definition) is 1. The van der Waals surface area contributed by atoms with Crippen molar-refractivity contribution >= 4 is 27.7 Å². The molecule has 1 saturated heterocycles. The summed E-state index contributed by atoms with van der Waals surface area (Å²) in [6.07, 6.45) is 2.26. The standard InChI is InChI=1S/C13H17BrFNS/c1-16-13(10-4-5-17-8-10)7-9-2-3-12(15)11(14)6-9/h2-3,6,10,13,16H,4-5,7-8H2,1H3. The Balaban J connectivity index is 2.04. The first kappa shape index (κ1) is 13.4. The second-order valence-electron chi connectivity index (χ2n) is 4.47. The van der Waals surface area contributed by atoms with Crippen LogP contribution in [0.25, 0.3) is 0 Å². The number of hydrogen-bond acceptors (Lipinski definition) is 2. The largest absolute Gasteiger partial charge is 0.316 e. The van der Waals surface area contributed by atoms with Gasteiger partial charge >= 0.3 is 0 Å². The van der Waals surface area contributed by atoms with Gasteiger partial charge in [-0.15, -0.1) is 0 Å². The van der Waals surface area contributed by atoms with Gasteiger partial charge in [-0.2, -0.15) is 11.8 Å². The normalized spacial score (nSPS) is 21.7. The minimum absolute atomic E-state index is 0.189. The molecule has 1 fully saturated rings. The van der Waals surface area contributed by atoms with Gasteiger partial charge in [0, 0.05) is 6.04 Å². The van der Waals surface area contributed by atoms with Gasteiger partial charge in [0.05, 0.1) is 4.47 Å². The Morgan fingerprint density at radius 2 is 2.41 bits per heavy atom. The lowest BCUT2D eigenvalue weighted by Gasteiger charge is -2.22. The number of benzene rings is 1. The van der Waals surface area contributed by atoms with E-state index >= 15 is 0 Å². The first-order chi connectivity index (χ1) is 8.20. The van der Waals surface area contributed by atoms with Crippen LogP contribution in [0.15, 0.2) is 22.7 Å². The van der Waals surface area contributed by atoms with E-state index < -0.39 is 0 Å². The summed E-state index contributed by atoms with van der Waals surface area (Å²) in [6, 6.07) is 5.81. The summed E-state index contributed by atoms with van der Waals surface area (Å²) < 4.78 is 13.7. The van der Waals surface area contributed by atoms with E-state index in [1.165, 1.54) is 29.6 Å². The van der Waals surface area contributed by atoms with Crippen molar-refractivity contribution < 1.29 is 4.39 Å². The van der Waals surface area contributed by atoms with Crippen LogP contribution in [0.2, 0.25) is 0 Å². The molecule has 1 aromatic carbocycles. The molecule has 1 N–H and O–H groups in total. The maximum atomic E-state index is 13.2. The molecule has 94 valence electrons. The van der Waals surface area contributed by atoms with Gasteiger partial charge in [0.15, 0.2) is 0 Å². The molecule has 0 saturated carbocycles. The molecule has 0 radical (unpaired) electrons. The molecule has 1 aliphatic heterocycles. The summed E-state index contributed by atoms with van der Waals surface area (Å²) in [6.45, 7) is 0. The quantitative estimate of drug-likeness (QED) is 0.912. The van der Waals surface area contributed by atoms with Crippen LogP contribution in [0.3, 0.4) is 0 Å². The zero-order chi connectivity index (χ0) is 12.3. The first-order valence-corrected chi connectivity index (χ1v) is 7.84. The highest BCUT2D eigenvalue weighted by Crippen LogP contribution is 2.28. The molecular weight excluding hydrogens is 301 g/mol. The molecule has 1 aliphatic rings. The van der Waals surface area contributed by atoms with Gasteiger partial charge in [0.2, 0.25) is 0 Å². The number of nitrogens with one attached hydrogen (secondary N) is 1. The van der Waals surface area contributed by atoms with Crippen LogP contribution in [-0.4, -0.2) is 24.6 Å². The van der Waals surface area contributed by atoms with Crippen LogP contribution in [0.5, 0.6) is 0 Å². The lowest BCUT2D eigenvalue weighted by molar-refractivity contribution is 0.404. The third kappa shape index (κ3) is 3.46. The van der Waals surface area contributed by atoms with Gasteiger partial charge in [-0.05, 0) is 70.9 Å². The average molecular weight is 318 g/mol. The first-order valence-electron chi connectivity index (χ1n) is 5.89. The Bertz CT molecular complexity index is 380. The number of rotatable bonds is 4. The Morgan fingerprint density at radius 1 is 1.59 bits per heavy atom. The molecule has 0 aliphatic carbocycles. The molecule has 0 spiro atoms. The van der Waals surface area contributed by atoms with Crippen molar-refractivity contribution in [3.05, 3.63) is 34.1 Å². The van der Waals surface area contributed by atoms with Crippen molar-refractivity contribution in [1.29, 1.82) is 0 Å². The van der Waals surface area contributed by atoms with E-state index in [2.05, 4.69) is 21.2 Å². The Labute approximate surface area is 115 Å². The summed E-state index contributed by atoms with van der Waals surface area (Å²) in [7, 11) is 2.02. The van der Waals surface area contributed by atoms with Crippen LogP contribution >= 0.6 is 27.7 Å². The minimum Gasteiger partial charge on any atom is -0.316 e. The van der Waals surface area contributed by atoms with E-state index in [-0.39, 0.29) is 5.82 Å². The molecule has 1 heterocycles. The van der Waals surface area contributed by atoms with Crippen LogP contribution in [-0.2, 0) is 6.42 Å². The average Bonchev–Trinajstić information content (AvgIpc) is 2.84. The Morgan fingerprint density at radius 3 is 3.00 bits per heavy atom. The highest BCUT2D eigenvalue weighted by molar-refractivity contribution is 9.10. The van der Waals surface area contributed by atoms with Crippen LogP contribution < -0.4 is 5.32 Å². The van der Waals surface area contributed by atoms with E-state index in [1.807, 2.05) is 30.9 Å². The van der Waals surface area contributed by atoms with Gasteiger partial charge in [-0.25, -0.2) is 4.39 Å². The summed E-state index contributed by atoms with van der Waals surface area (Å²) in [5.74, 6) is 3.07. The minimum atomic E-state index is -0.189. The fourth-order valence-corrected chi connectivity index (χ4v) is 4.06. The van der Waals surface area contributed by atoms with Gasteiger partial charge in [-0.3, -0.25) is 0 Å². The van der Waals surface area contributed by atoms with E-state index in [0.29, 0.717) is 10.5 Å². The molecule has 0 aromatic heterocycles. The van der Waals surface area contributed by atoms with E-state index in [9.17, 15) is 4.39 Å². The molecular formula is C13H17BrFNS. The van der Waals surface area contributed by atoms with Crippen molar-refractivity contribution in [3.63, 3.8) is 0 Å². The van der Waals surface area contributed by atoms with Crippen molar-refractivity contribution in [1.82, 2.24) is 5.32 Å². The molecule has 1 nitrogen and oxygen atoms in total. The second kappa shape index (κ2) is 6.21. The lowest BCUT2D eigenvalue weighted by atomic mass is 9.93. The zero-order valence-electron chi connectivity index (χ0n) is 9.88. The fraction of sp³-hybridized carbons (Fsp3) is 0.538. The fourth-order valence-electron chi connectivity index (χ4n) is 2.30.